The van der Waals surface area contributed by atoms with Crippen LogP contribution in [-0.4, -0.2) is 44.3 Å². The average Bonchev–Trinajstić information content (AvgIpc) is 2.72. The van der Waals surface area contributed by atoms with Crippen molar-refractivity contribution in [1.29, 1.82) is 0 Å². The smallest absolute Gasteiger partial charge is 0.343 e. The lowest BCUT2D eigenvalue weighted by molar-refractivity contribution is -0.123. The molecule has 8 nitrogen and oxygen atoms in total. The largest absolute Gasteiger partial charge is 0.493 e. The minimum atomic E-state index is -1.21. The zero-order valence-corrected chi connectivity index (χ0v) is 16.5. The van der Waals surface area contributed by atoms with Crippen molar-refractivity contribution < 1.29 is 33.4 Å². The highest BCUT2D eigenvalue weighted by Crippen LogP contribution is 2.33. The molecule has 2 aromatic rings. The first kappa shape index (κ1) is 21.6. The van der Waals surface area contributed by atoms with Gasteiger partial charge in [0.25, 0.3) is 5.91 Å². The summed E-state index contributed by atoms with van der Waals surface area (Å²) in [7, 11) is 2.70. The number of nitrogens with one attached hydrogen (secondary N) is 1. The minimum Gasteiger partial charge on any atom is -0.493 e. The summed E-state index contributed by atoms with van der Waals surface area (Å²) in [5.74, 6) is -1.52. The lowest BCUT2D eigenvalue weighted by atomic mass is 10.1. The van der Waals surface area contributed by atoms with Gasteiger partial charge in [-0.15, -0.1) is 0 Å². The van der Waals surface area contributed by atoms with Crippen LogP contribution in [0.15, 0.2) is 36.4 Å². The van der Waals surface area contributed by atoms with Crippen molar-refractivity contribution in [2.24, 2.45) is 0 Å². The Morgan fingerprint density at radius 1 is 1.03 bits per heavy atom. The highest BCUT2D eigenvalue weighted by molar-refractivity contribution is 6.06. The number of Topliss-reactive ketones (excluding diaryl/α,β-unsaturated/α-hetero) is 1. The molecule has 0 unspecified atom stereocenters. The summed E-state index contributed by atoms with van der Waals surface area (Å²) in [5.41, 5.74) is 0.519. The second kappa shape index (κ2) is 9.50. The first-order chi connectivity index (χ1) is 13.8. The number of ether oxygens (including phenoxy) is 3. The molecule has 0 aliphatic carbocycles. The molecule has 0 saturated heterocycles. The quantitative estimate of drug-likeness (QED) is 0.413. The molecule has 0 radical (unpaired) electrons. The van der Waals surface area contributed by atoms with Crippen LogP contribution in [0.3, 0.4) is 0 Å². The Morgan fingerprint density at radius 3 is 2.31 bits per heavy atom. The van der Waals surface area contributed by atoms with Crippen LogP contribution in [0.4, 0.5) is 5.69 Å². The highest BCUT2D eigenvalue weighted by Gasteiger charge is 2.26. The summed E-state index contributed by atoms with van der Waals surface area (Å²) < 4.78 is 15.5. The van der Waals surface area contributed by atoms with E-state index in [1.54, 1.807) is 24.3 Å². The third kappa shape index (κ3) is 4.78. The Hall–Kier alpha value is -3.68. The zero-order chi connectivity index (χ0) is 21.6. The maximum absolute atomic E-state index is 12.7. The predicted molar refractivity (Wildman–Crippen MR) is 105 cm³/mol. The lowest BCUT2D eigenvalue weighted by Crippen LogP contribution is -2.31. The second-order valence-electron chi connectivity index (χ2n) is 6.02. The average molecular weight is 399 g/mol. The number of carbonyl (C=O) groups is 4. The van der Waals surface area contributed by atoms with Gasteiger partial charge in [-0.05, 0) is 38.1 Å². The Bertz CT molecular complexity index is 952. The molecule has 152 valence electrons. The van der Waals surface area contributed by atoms with Crippen LogP contribution in [0.1, 0.15) is 44.9 Å². The van der Waals surface area contributed by atoms with E-state index >= 15 is 0 Å². The monoisotopic (exact) mass is 399 g/mol. The molecule has 2 aromatic carbocycles. The van der Waals surface area contributed by atoms with Crippen molar-refractivity contribution >= 4 is 29.6 Å². The highest BCUT2D eigenvalue weighted by atomic mass is 16.6. The fourth-order valence-corrected chi connectivity index (χ4v) is 2.66. The summed E-state index contributed by atoms with van der Waals surface area (Å²) in [5, 5.41) is 2.57. The number of carbonyl (C=O) groups excluding carboxylic acids is 4. The normalized spacial score (nSPS) is 11.2. The number of esters is 1. The van der Waals surface area contributed by atoms with Crippen molar-refractivity contribution in [3.8, 4) is 11.5 Å². The van der Waals surface area contributed by atoms with E-state index in [2.05, 4.69) is 5.32 Å². The van der Waals surface area contributed by atoms with E-state index in [1.807, 2.05) is 0 Å². The number of hydrogen-bond donors (Lipinski definition) is 1. The van der Waals surface area contributed by atoms with E-state index in [9.17, 15) is 19.2 Å². The first-order valence-corrected chi connectivity index (χ1v) is 8.66. The molecule has 0 aliphatic rings. The van der Waals surface area contributed by atoms with Gasteiger partial charge in [-0.3, -0.25) is 14.4 Å². The number of para-hydroxylation sites is 1. The summed E-state index contributed by atoms with van der Waals surface area (Å²) in [4.78, 5) is 48.2. The summed E-state index contributed by atoms with van der Waals surface area (Å²) in [6.45, 7) is 2.75. The van der Waals surface area contributed by atoms with Gasteiger partial charge in [0.1, 0.15) is 5.56 Å². The third-order valence-corrected chi connectivity index (χ3v) is 4.13. The van der Waals surface area contributed by atoms with Crippen molar-refractivity contribution in [3.63, 3.8) is 0 Å². The predicted octanol–water partition coefficient (Wildman–Crippen LogP) is 2.90. The number of hydrogen-bond acceptors (Lipinski definition) is 7. The van der Waals surface area contributed by atoms with Gasteiger partial charge in [0.2, 0.25) is 0 Å². The van der Waals surface area contributed by atoms with Crippen LogP contribution < -0.4 is 14.8 Å². The molecule has 1 atom stereocenters. The number of anilines is 1. The molecule has 0 bridgehead atoms. The van der Waals surface area contributed by atoms with E-state index in [1.165, 1.54) is 40.2 Å². The van der Waals surface area contributed by atoms with Crippen LogP contribution in [0, 0.1) is 0 Å². The van der Waals surface area contributed by atoms with Gasteiger partial charge in [-0.1, -0.05) is 12.1 Å². The molecule has 0 heterocycles. The van der Waals surface area contributed by atoms with Crippen molar-refractivity contribution in [2.75, 3.05) is 19.5 Å². The molecule has 29 heavy (non-hydrogen) atoms. The van der Waals surface area contributed by atoms with Crippen LogP contribution in [0.5, 0.6) is 11.5 Å². The first-order valence-electron chi connectivity index (χ1n) is 8.66. The van der Waals surface area contributed by atoms with E-state index < -0.39 is 18.0 Å². The SMILES string of the molecule is COc1ccc(C=O)c(C(=O)O[C@@H](C)C(=O)Nc2ccccc2C(C)=O)c1OC. The molecule has 0 saturated carbocycles. The fraction of sp³-hybridized carbons (Fsp3) is 0.238. The van der Waals surface area contributed by atoms with Crippen LogP contribution >= 0.6 is 0 Å². The molecule has 0 aromatic heterocycles. The van der Waals surface area contributed by atoms with Crippen LogP contribution in [0.25, 0.3) is 0 Å². The van der Waals surface area contributed by atoms with Crippen LogP contribution in [0.2, 0.25) is 0 Å². The Morgan fingerprint density at radius 2 is 1.72 bits per heavy atom. The third-order valence-electron chi connectivity index (χ3n) is 4.13. The molecule has 1 N–H and O–H groups in total. The molecule has 0 aliphatic heterocycles. The van der Waals surface area contributed by atoms with Gasteiger partial charge in [0.05, 0.1) is 19.9 Å². The number of benzene rings is 2. The molecular formula is C21H21NO7. The number of amides is 1. The van der Waals surface area contributed by atoms with Gasteiger partial charge >= 0.3 is 5.97 Å². The standard InChI is InChI=1S/C21H21NO7/c1-12(24)15-7-5-6-8-16(15)22-20(25)13(2)29-21(26)18-14(11-23)9-10-17(27-3)19(18)28-4/h5-11,13H,1-4H3,(H,22,25)/t13-/m0/s1. The minimum absolute atomic E-state index is 0.0247. The molecule has 0 spiro atoms. The fourth-order valence-electron chi connectivity index (χ4n) is 2.66. The van der Waals surface area contributed by atoms with Gasteiger partial charge in [0, 0.05) is 11.1 Å². The van der Waals surface area contributed by atoms with Crippen molar-refractivity contribution in [3.05, 3.63) is 53.1 Å². The van der Waals surface area contributed by atoms with Gasteiger partial charge in [-0.2, -0.15) is 0 Å². The van der Waals surface area contributed by atoms with E-state index in [0.717, 1.165) is 0 Å². The van der Waals surface area contributed by atoms with Crippen molar-refractivity contribution in [2.45, 2.75) is 20.0 Å². The number of methoxy groups -OCH3 is 2. The van der Waals surface area contributed by atoms with E-state index in [4.69, 9.17) is 14.2 Å². The molecule has 0 fully saturated rings. The van der Waals surface area contributed by atoms with Gasteiger partial charge in [0.15, 0.2) is 29.7 Å². The molecule has 2 rings (SSSR count). The summed E-state index contributed by atoms with van der Waals surface area (Å²) >= 11 is 0. The van der Waals surface area contributed by atoms with E-state index in [-0.39, 0.29) is 28.4 Å². The Labute approximate surface area is 167 Å². The number of ketones is 1. The maximum atomic E-state index is 12.7. The maximum Gasteiger partial charge on any atom is 0.343 e. The van der Waals surface area contributed by atoms with Crippen molar-refractivity contribution in [1.82, 2.24) is 0 Å². The zero-order valence-electron chi connectivity index (χ0n) is 16.5. The molecule has 8 heteroatoms. The van der Waals surface area contributed by atoms with E-state index in [0.29, 0.717) is 17.5 Å². The number of rotatable bonds is 8. The van der Waals surface area contributed by atoms with Gasteiger partial charge in [-0.25, -0.2) is 4.79 Å². The molecule has 1 amide bonds. The lowest BCUT2D eigenvalue weighted by Gasteiger charge is -2.17. The Balaban J connectivity index is 2.24. The van der Waals surface area contributed by atoms with Crippen LogP contribution in [-0.2, 0) is 9.53 Å². The van der Waals surface area contributed by atoms with Gasteiger partial charge < -0.3 is 19.5 Å². The molecular weight excluding hydrogens is 378 g/mol. The number of aldehydes is 1. The topological polar surface area (TPSA) is 108 Å². The Kier molecular flexibility index (Phi) is 7.08. The summed E-state index contributed by atoms with van der Waals surface area (Å²) in [6.07, 6.45) is -0.732. The second-order valence-corrected chi connectivity index (χ2v) is 6.02. The summed E-state index contributed by atoms with van der Waals surface area (Å²) in [6, 6.07) is 9.35.